The van der Waals surface area contributed by atoms with Gasteiger partial charge in [-0.05, 0) is 77.0 Å². The molecule has 56 heavy (non-hydrogen) atoms. The molecule has 0 saturated carbocycles. The zero-order valence-electron chi connectivity index (χ0n) is 35.9. The Balaban J connectivity index is 4.48. The summed E-state index contributed by atoms with van der Waals surface area (Å²) in [6.45, 7) is 6.27. The average Bonchev–Trinajstić information content (AvgIpc) is 3.19. The quantitative estimate of drug-likeness (QED) is 0.0204. The molecule has 0 aromatic rings. The molecule has 0 heterocycles. The van der Waals surface area contributed by atoms with Crippen molar-refractivity contribution < 1.29 is 28.6 Å². The van der Waals surface area contributed by atoms with Crippen LogP contribution in [-0.4, -0.2) is 37.2 Å². The van der Waals surface area contributed by atoms with Gasteiger partial charge in [-0.15, -0.1) is 0 Å². The van der Waals surface area contributed by atoms with Crippen molar-refractivity contribution in [1.82, 2.24) is 0 Å². The minimum atomic E-state index is -0.833. The Morgan fingerprint density at radius 3 is 1.41 bits per heavy atom. The predicted molar refractivity (Wildman–Crippen MR) is 237 cm³/mol. The van der Waals surface area contributed by atoms with Crippen LogP contribution in [0.5, 0.6) is 0 Å². The number of rotatable bonds is 38. The summed E-state index contributed by atoms with van der Waals surface area (Å²) >= 11 is 0. The van der Waals surface area contributed by atoms with E-state index >= 15 is 0 Å². The third kappa shape index (κ3) is 41.5. The van der Waals surface area contributed by atoms with Gasteiger partial charge in [-0.2, -0.15) is 0 Å². The first-order valence-electron chi connectivity index (χ1n) is 22.3. The molecule has 0 radical (unpaired) electrons. The Labute approximate surface area is 343 Å². The second-order valence-electron chi connectivity index (χ2n) is 14.3. The summed E-state index contributed by atoms with van der Waals surface area (Å²) in [6.07, 6.45) is 57.1. The first kappa shape index (κ1) is 52.3. The van der Waals surface area contributed by atoms with Crippen molar-refractivity contribution in [3.63, 3.8) is 0 Å². The van der Waals surface area contributed by atoms with Crippen LogP contribution in [0.25, 0.3) is 0 Å². The zero-order valence-corrected chi connectivity index (χ0v) is 35.9. The highest BCUT2D eigenvalue weighted by Crippen LogP contribution is 2.11. The molecular formula is C50H80O6. The minimum absolute atomic E-state index is 0.122. The Morgan fingerprint density at radius 2 is 0.839 bits per heavy atom. The van der Waals surface area contributed by atoms with Crippen LogP contribution in [0.3, 0.4) is 0 Å². The van der Waals surface area contributed by atoms with Gasteiger partial charge in [0.05, 0.1) is 6.42 Å². The number of unbranched alkanes of at least 4 members (excludes halogenated alkanes) is 15. The van der Waals surface area contributed by atoms with Gasteiger partial charge in [-0.1, -0.05) is 182 Å². The number of carbonyl (C=O) groups is 3. The molecule has 0 amide bonds. The van der Waals surface area contributed by atoms with Gasteiger partial charge in [0.15, 0.2) is 6.10 Å². The normalized spacial score (nSPS) is 13.0. The lowest BCUT2D eigenvalue weighted by molar-refractivity contribution is -0.166. The lowest BCUT2D eigenvalue weighted by Gasteiger charge is -2.18. The van der Waals surface area contributed by atoms with Crippen molar-refractivity contribution in [3.8, 4) is 0 Å². The molecule has 0 aliphatic carbocycles. The van der Waals surface area contributed by atoms with E-state index < -0.39 is 12.1 Å². The fourth-order valence-electron chi connectivity index (χ4n) is 5.54. The van der Waals surface area contributed by atoms with E-state index in [0.717, 1.165) is 89.9 Å². The summed E-state index contributed by atoms with van der Waals surface area (Å²) in [5, 5.41) is 0. The topological polar surface area (TPSA) is 78.9 Å². The molecule has 6 nitrogen and oxygen atoms in total. The third-order valence-corrected chi connectivity index (χ3v) is 8.91. The fourth-order valence-corrected chi connectivity index (χ4v) is 5.54. The largest absolute Gasteiger partial charge is 0.462 e. The maximum absolute atomic E-state index is 12.7. The van der Waals surface area contributed by atoms with Gasteiger partial charge in [0.2, 0.25) is 0 Å². The van der Waals surface area contributed by atoms with E-state index in [-0.39, 0.29) is 38.0 Å². The Kier molecular flexibility index (Phi) is 41.2. The number of hydrogen-bond donors (Lipinski definition) is 0. The lowest BCUT2D eigenvalue weighted by Crippen LogP contribution is -2.30. The molecule has 0 aromatic heterocycles. The van der Waals surface area contributed by atoms with Crippen LogP contribution < -0.4 is 0 Å². The van der Waals surface area contributed by atoms with Crippen LogP contribution in [0.15, 0.2) is 97.2 Å². The number of ether oxygens (including phenoxy) is 3. The molecular weight excluding hydrogens is 697 g/mol. The zero-order chi connectivity index (χ0) is 40.8. The maximum Gasteiger partial charge on any atom is 0.309 e. The van der Waals surface area contributed by atoms with Crippen molar-refractivity contribution in [2.75, 3.05) is 13.2 Å². The number of allylic oxidation sites excluding steroid dienone is 15. The summed E-state index contributed by atoms with van der Waals surface area (Å²) in [5.74, 6) is -1.12. The summed E-state index contributed by atoms with van der Waals surface area (Å²) in [7, 11) is 0. The average molecular weight is 777 g/mol. The Bertz CT molecular complexity index is 1170. The van der Waals surface area contributed by atoms with Crippen LogP contribution in [0.4, 0.5) is 0 Å². The third-order valence-electron chi connectivity index (χ3n) is 8.91. The molecule has 0 fully saturated rings. The van der Waals surface area contributed by atoms with Gasteiger partial charge >= 0.3 is 17.9 Å². The standard InChI is InChI=1S/C50H80O6/c1-4-7-10-13-16-19-21-22-23-24-25-26-27-29-31-34-37-40-43-49(52)55-46-47(45-54-48(51)42-39-36-33-30-18-15-12-9-6-3)56-50(53)44-41-38-35-32-28-20-17-14-11-8-5-2/h9,12,14,17-18,20-26,28,30,36,39,47H,4-8,10-11,13,15-16,19,27,29,31-35,37-38,40-46H2,1-3H3/b12-9-,17-14-,22-21-,24-23-,26-25-,28-20-,30-18-,39-36-. The van der Waals surface area contributed by atoms with Crippen LogP contribution in [0.2, 0.25) is 0 Å². The number of carbonyl (C=O) groups excluding carboxylic acids is 3. The molecule has 1 unspecified atom stereocenters. The van der Waals surface area contributed by atoms with Crippen LogP contribution >= 0.6 is 0 Å². The highest BCUT2D eigenvalue weighted by Gasteiger charge is 2.19. The van der Waals surface area contributed by atoms with Gasteiger partial charge in [0.25, 0.3) is 0 Å². The first-order valence-corrected chi connectivity index (χ1v) is 22.3. The Morgan fingerprint density at radius 1 is 0.411 bits per heavy atom. The first-order chi connectivity index (χ1) is 27.5. The summed E-state index contributed by atoms with van der Waals surface area (Å²) < 4.78 is 16.5. The Hall–Kier alpha value is -3.67. The molecule has 1 atom stereocenters. The highest BCUT2D eigenvalue weighted by atomic mass is 16.6. The molecule has 0 rings (SSSR count). The van der Waals surface area contributed by atoms with Crippen molar-refractivity contribution >= 4 is 17.9 Å². The van der Waals surface area contributed by atoms with E-state index in [1.807, 2.05) is 6.08 Å². The second kappa shape index (κ2) is 44.0. The highest BCUT2D eigenvalue weighted by molar-refractivity contribution is 5.72. The van der Waals surface area contributed by atoms with E-state index in [1.165, 1.54) is 44.9 Å². The number of hydrogen-bond acceptors (Lipinski definition) is 6. The van der Waals surface area contributed by atoms with E-state index in [2.05, 4.69) is 106 Å². The summed E-state index contributed by atoms with van der Waals surface area (Å²) in [6, 6.07) is 0. The SMILES string of the molecule is CC/C=C\C/C=C\C/C=C\CC(=O)OCC(COC(=O)CCCCCCC\C=C/C=C\C=C/CCCCCCC)OC(=O)CCCCC/C=C\C=C/CCCC. The molecule has 316 valence electrons. The molecule has 0 bridgehead atoms. The van der Waals surface area contributed by atoms with Crippen LogP contribution in [0.1, 0.15) is 181 Å². The summed E-state index contributed by atoms with van der Waals surface area (Å²) in [4.78, 5) is 37.6. The van der Waals surface area contributed by atoms with Gasteiger partial charge in [-0.3, -0.25) is 14.4 Å². The van der Waals surface area contributed by atoms with Gasteiger partial charge in [-0.25, -0.2) is 0 Å². The van der Waals surface area contributed by atoms with Gasteiger partial charge < -0.3 is 14.2 Å². The maximum atomic E-state index is 12.7. The molecule has 6 heteroatoms. The molecule has 0 N–H and O–H groups in total. The predicted octanol–water partition coefficient (Wildman–Crippen LogP) is 14.2. The monoisotopic (exact) mass is 777 g/mol. The van der Waals surface area contributed by atoms with Crippen molar-refractivity contribution in [3.05, 3.63) is 97.2 Å². The van der Waals surface area contributed by atoms with Crippen LogP contribution in [-0.2, 0) is 28.6 Å². The molecule has 0 spiro atoms. The van der Waals surface area contributed by atoms with Crippen LogP contribution in [0, 0.1) is 0 Å². The fraction of sp³-hybridized carbons (Fsp3) is 0.620. The van der Waals surface area contributed by atoms with Crippen molar-refractivity contribution in [1.29, 1.82) is 0 Å². The van der Waals surface area contributed by atoms with E-state index in [4.69, 9.17) is 14.2 Å². The van der Waals surface area contributed by atoms with E-state index in [1.54, 1.807) is 6.08 Å². The molecule has 0 aliphatic heterocycles. The van der Waals surface area contributed by atoms with Crippen molar-refractivity contribution in [2.24, 2.45) is 0 Å². The number of esters is 3. The smallest absolute Gasteiger partial charge is 0.309 e. The van der Waals surface area contributed by atoms with E-state index in [0.29, 0.717) is 12.8 Å². The second-order valence-corrected chi connectivity index (χ2v) is 14.3. The summed E-state index contributed by atoms with van der Waals surface area (Å²) in [5.41, 5.74) is 0. The van der Waals surface area contributed by atoms with E-state index in [9.17, 15) is 14.4 Å². The molecule has 0 saturated heterocycles. The minimum Gasteiger partial charge on any atom is -0.462 e. The lowest BCUT2D eigenvalue weighted by atomic mass is 10.1. The van der Waals surface area contributed by atoms with Crippen molar-refractivity contribution in [2.45, 2.75) is 187 Å². The van der Waals surface area contributed by atoms with Gasteiger partial charge in [0, 0.05) is 12.8 Å². The molecule has 0 aromatic carbocycles. The van der Waals surface area contributed by atoms with Gasteiger partial charge in [0.1, 0.15) is 13.2 Å². The molecule has 0 aliphatic rings.